The van der Waals surface area contributed by atoms with E-state index in [1.807, 2.05) is 6.08 Å². The van der Waals surface area contributed by atoms with Crippen LogP contribution in [0.25, 0.3) is 0 Å². The molecule has 1 aromatic rings. The lowest BCUT2D eigenvalue weighted by Crippen LogP contribution is -2.48. The van der Waals surface area contributed by atoms with Gasteiger partial charge in [0.1, 0.15) is 0 Å². The minimum atomic E-state index is -0.765. The fourth-order valence-corrected chi connectivity index (χ4v) is 3.30. The van der Waals surface area contributed by atoms with Crippen LogP contribution in [0.3, 0.4) is 0 Å². The Morgan fingerprint density at radius 1 is 1.37 bits per heavy atom. The van der Waals surface area contributed by atoms with Crippen LogP contribution in [0.15, 0.2) is 36.4 Å². The van der Waals surface area contributed by atoms with Gasteiger partial charge in [-0.25, -0.2) is 0 Å². The van der Waals surface area contributed by atoms with Gasteiger partial charge in [0.05, 0.1) is 10.3 Å². The highest BCUT2D eigenvalue weighted by Crippen LogP contribution is 2.44. The predicted molar refractivity (Wildman–Crippen MR) is 69.9 cm³/mol. The Balaban J connectivity index is 2.21. The number of nitro benzene ring substituents is 1. The van der Waals surface area contributed by atoms with Crippen molar-refractivity contribution in [1.29, 1.82) is 0 Å². The summed E-state index contributed by atoms with van der Waals surface area (Å²) < 4.78 is 0. The first kappa shape index (κ1) is 12.0. The van der Waals surface area contributed by atoms with Crippen molar-refractivity contribution in [2.24, 2.45) is 0 Å². The minimum Gasteiger partial charge on any atom is -0.312 e. The number of benzene rings is 1. The van der Waals surface area contributed by atoms with Crippen molar-refractivity contribution in [3.05, 3.63) is 52.1 Å². The summed E-state index contributed by atoms with van der Waals surface area (Å²) in [6.07, 6.45) is 4.77. The molecule has 19 heavy (non-hydrogen) atoms. The second kappa shape index (κ2) is 4.28. The standard InChI is InChI=1S/C14H14N2O3/c17-13-7-3-6-12-14(13,8-9-15-12)10-4-1-2-5-11(10)16(18)19/h1-5,7,12,15H,6,8-9H2/t12-,14+/m1/s1. The highest BCUT2D eigenvalue weighted by atomic mass is 16.6. The molecule has 3 rings (SSSR count). The van der Waals surface area contributed by atoms with Crippen molar-refractivity contribution in [2.45, 2.75) is 24.3 Å². The molecule has 1 N–H and O–H groups in total. The molecule has 0 bridgehead atoms. The van der Waals surface area contributed by atoms with Crippen LogP contribution in [0.2, 0.25) is 0 Å². The SMILES string of the molecule is O=C1C=CC[C@H]2NCC[C@@]12c1ccccc1[N+](=O)[O-]. The molecule has 0 saturated carbocycles. The Morgan fingerprint density at radius 3 is 2.95 bits per heavy atom. The molecule has 1 heterocycles. The van der Waals surface area contributed by atoms with Gasteiger partial charge in [-0.05, 0) is 25.5 Å². The molecule has 5 nitrogen and oxygen atoms in total. The highest BCUT2D eigenvalue weighted by Gasteiger charge is 2.52. The van der Waals surface area contributed by atoms with Crippen LogP contribution in [0.1, 0.15) is 18.4 Å². The van der Waals surface area contributed by atoms with Gasteiger partial charge in [0.15, 0.2) is 5.78 Å². The number of carbonyl (C=O) groups excluding carboxylic acids is 1. The number of hydrogen-bond donors (Lipinski definition) is 1. The molecule has 1 aliphatic carbocycles. The van der Waals surface area contributed by atoms with Crippen molar-refractivity contribution in [2.75, 3.05) is 6.54 Å². The molecule has 1 fully saturated rings. The van der Waals surface area contributed by atoms with E-state index < -0.39 is 10.3 Å². The van der Waals surface area contributed by atoms with E-state index in [0.29, 0.717) is 18.5 Å². The zero-order valence-electron chi connectivity index (χ0n) is 10.3. The van der Waals surface area contributed by atoms with E-state index >= 15 is 0 Å². The normalized spacial score (nSPS) is 29.3. The molecule has 1 aliphatic heterocycles. The Hall–Kier alpha value is -2.01. The van der Waals surface area contributed by atoms with Crippen molar-refractivity contribution >= 4 is 11.5 Å². The van der Waals surface area contributed by atoms with E-state index in [2.05, 4.69) is 5.32 Å². The third-order valence-electron chi connectivity index (χ3n) is 4.17. The van der Waals surface area contributed by atoms with Gasteiger partial charge < -0.3 is 5.32 Å². The van der Waals surface area contributed by atoms with E-state index in [1.165, 1.54) is 6.07 Å². The fourth-order valence-electron chi connectivity index (χ4n) is 3.30. The maximum Gasteiger partial charge on any atom is 0.273 e. The lowest BCUT2D eigenvalue weighted by atomic mass is 9.67. The van der Waals surface area contributed by atoms with Crippen molar-refractivity contribution in [1.82, 2.24) is 5.32 Å². The quantitative estimate of drug-likeness (QED) is 0.647. The third kappa shape index (κ3) is 1.62. The second-order valence-corrected chi connectivity index (χ2v) is 5.00. The molecule has 98 valence electrons. The Bertz CT molecular complexity index is 582. The second-order valence-electron chi connectivity index (χ2n) is 5.00. The number of nitro groups is 1. The molecule has 0 amide bonds. The van der Waals surface area contributed by atoms with Crippen LogP contribution in [-0.2, 0) is 10.2 Å². The summed E-state index contributed by atoms with van der Waals surface area (Å²) >= 11 is 0. The first-order valence-electron chi connectivity index (χ1n) is 6.34. The molecule has 0 aromatic heterocycles. The first-order chi connectivity index (χ1) is 9.16. The lowest BCUT2D eigenvalue weighted by molar-refractivity contribution is -0.386. The number of hydrogen-bond acceptors (Lipinski definition) is 4. The van der Waals surface area contributed by atoms with Gasteiger partial charge in [0.25, 0.3) is 5.69 Å². The summed E-state index contributed by atoms with van der Waals surface area (Å²) in [7, 11) is 0. The smallest absolute Gasteiger partial charge is 0.273 e. The Labute approximate surface area is 110 Å². The maximum absolute atomic E-state index is 12.4. The monoisotopic (exact) mass is 258 g/mol. The molecule has 1 aromatic carbocycles. The molecule has 0 spiro atoms. The van der Waals surface area contributed by atoms with E-state index in [9.17, 15) is 14.9 Å². The van der Waals surface area contributed by atoms with Gasteiger partial charge in [0, 0.05) is 17.7 Å². The number of rotatable bonds is 2. The molecule has 1 saturated heterocycles. The average Bonchev–Trinajstić information content (AvgIpc) is 2.85. The van der Waals surface area contributed by atoms with Gasteiger partial charge in [-0.15, -0.1) is 0 Å². The van der Waals surface area contributed by atoms with Gasteiger partial charge in [-0.3, -0.25) is 14.9 Å². The molecule has 0 radical (unpaired) electrons. The van der Waals surface area contributed by atoms with Crippen LogP contribution in [0, 0.1) is 10.1 Å². The number of carbonyl (C=O) groups is 1. The molecular formula is C14H14N2O3. The zero-order valence-corrected chi connectivity index (χ0v) is 10.3. The van der Waals surface area contributed by atoms with Crippen LogP contribution in [-0.4, -0.2) is 23.3 Å². The van der Waals surface area contributed by atoms with Crippen LogP contribution >= 0.6 is 0 Å². The van der Waals surface area contributed by atoms with Gasteiger partial charge >= 0.3 is 0 Å². The van der Waals surface area contributed by atoms with E-state index in [0.717, 1.165) is 6.42 Å². The number of para-hydroxylation sites is 1. The number of nitrogens with zero attached hydrogens (tertiary/aromatic N) is 1. The minimum absolute atomic E-state index is 0.0250. The molecule has 2 aliphatic rings. The number of fused-ring (bicyclic) bond motifs is 1. The van der Waals surface area contributed by atoms with Crippen molar-refractivity contribution in [3.8, 4) is 0 Å². The summed E-state index contributed by atoms with van der Waals surface area (Å²) in [5, 5.41) is 14.5. The fraction of sp³-hybridized carbons (Fsp3) is 0.357. The molecular weight excluding hydrogens is 244 g/mol. The number of nitrogens with one attached hydrogen (secondary N) is 1. The first-order valence-corrected chi connectivity index (χ1v) is 6.34. The van der Waals surface area contributed by atoms with Gasteiger partial charge in [0.2, 0.25) is 0 Å². The Morgan fingerprint density at radius 2 is 2.16 bits per heavy atom. The summed E-state index contributed by atoms with van der Waals surface area (Å²) in [5.41, 5.74) is -0.178. The van der Waals surface area contributed by atoms with E-state index in [-0.39, 0.29) is 17.5 Å². The van der Waals surface area contributed by atoms with E-state index in [4.69, 9.17) is 0 Å². The highest BCUT2D eigenvalue weighted by molar-refractivity contribution is 6.01. The molecule has 2 atom stereocenters. The summed E-state index contributed by atoms with van der Waals surface area (Å²) in [4.78, 5) is 23.2. The largest absolute Gasteiger partial charge is 0.312 e. The van der Waals surface area contributed by atoms with Crippen LogP contribution < -0.4 is 5.32 Å². The Kier molecular flexibility index (Phi) is 2.71. The average molecular weight is 258 g/mol. The van der Waals surface area contributed by atoms with Gasteiger partial charge in [-0.2, -0.15) is 0 Å². The maximum atomic E-state index is 12.4. The molecule has 5 heteroatoms. The van der Waals surface area contributed by atoms with Crippen LogP contribution in [0.5, 0.6) is 0 Å². The van der Waals surface area contributed by atoms with Crippen molar-refractivity contribution < 1.29 is 9.72 Å². The summed E-state index contributed by atoms with van der Waals surface area (Å²) in [6, 6.07) is 6.56. The topological polar surface area (TPSA) is 72.2 Å². The van der Waals surface area contributed by atoms with Crippen molar-refractivity contribution in [3.63, 3.8) is 0 Å². The predicted octanol–water partition coefficient (Wildman–Crippen LogP) is 1.72. The summed E-state index contributed by atoms with van der Waals surface area (Å²) in [6.45, 7) is 0.712. The zero-order chi connectivity index (χ0) is 13.5. The van der Waals surface area contributed by atoms with Gasteiger partial charge in [-0.1, -0.05) is 24.3 Å². The number of allylic oxidation sites excluding steroid dienone is 1. The third-order valence-corrected chi connectivity index (χ3v) is 4.17. The number of ketones is 1. The summed E-state index contributed by atoms with van der Waals surface area (Å²) in [5.74, 6) is -0.0250. The van der Waals surface area contributed by atoms with E-state index in [1.54, 1.807) is 24.3 Å². The van der Waals surface area contributed by atoms with Crippen LogP contribution in [0.4, 0.5) is 5.69 Å². The lowest BCUT2D eigenvalue weighted by Gasteiger charge is -2.34. The molecule has 0 unspecified atom stereocenters.